The van der Waals surface area contributed by atoms with E-state index in [1.54, 1.807) is 4.90 Å². The molecule has 0 aromatic carbocycles. The van der Waals surface area contributed by atoms with Gasteiger partial charge in [0, 0.05) is 18.3 Å². The molecule has 2 atom stereocenters. The van der Waals surface area contributed by atoms with Crippen molar-refractivity contribution in [3.63, 3.8) is 0 Å². The van der Waals surface area contributed by atoms with Gasteiger partial charge in [-0.15, -0.1) is 11.8 Å². The van der Waals surface area contributed by atoms with Gasteiger partial charge in [-0.05, 0) is 25.7 Å². The number of thioether (sulfide) groups is 1. The van der Waals surface area contributed by atoms with E-state index in [0.717, 1.165) is 12.8 Å². The Balaban J connectivity index is 2.99. The number of carboxylic acids is 1. The van der Waals surface area contributed by atoms with Crippen molar-refractivity contribution in [3.8, 4) is 0 Å². The normalized spacial score (nSPS) is 22.1. The van der Waals surface area contributed by atoms with Crippen molar-refractivity contribution in [1.82, 2.24) is 9.80 Å². The molecular formula is C15H28N2O3S. The van der Waals surface area contributed by atoms with Crippen LogP contribution in [-0.4, -0.2) is 56.7 Å². The lowest BCUT2D eigenvalue weighted by atomic mass is 10.1. The maximum Gasteiger partial charge on any atom is 0.327 e. The van der Waals surface area contributed by atoms with Crippen molar-refractivity contribution in [1.29, 1.82) is 0 Å². The second-order valence-electron chi connectivity index (χ2n) is 5.99. The van der Waals surface area contributed by atoms with Crippen LogP contribution in [0.15, 0.2) is 0 Å². The van der Waals surface area contributed by atoms with Crippen LogP contribution in [0.5, 0.6) is 0 Å². The number of rotatable bonds is 6. The molecule has 1 fully saturated rings. The Labute approximate surface area is 132 Å². The molecule has 1 rings (SSSR count). The zero-order valence-corrected chi connectivity index (χ0v) is 14.5. The Bertz CT molecular complexity index is 372. The van der Waals surface area contributed by atoms with E-state index in [2.05, 4.69) is 27.7 Å². The van der Waals surface area contributed by atoms with Gasteiger partial charge >= 0.3 is 12.0 Å². The predicted octanol–water partition coefficient (Wildman–Crippen LogP) is 3.10. The molecular weight excluding hydrogens is 288 g/mol. The first-order valence-electron chi connectivity index (χ1n) is 7.76. The quantitative estimate of drug-likeness (QED) is 0.818. The summed E-state index contributed by atoms with van der Waals surface area (Å²) in [6, 6.07) is -0.657. The Morgan fingerprint density at radius 1 is 1.33 bits per heavy atom. The van der Waals surface area contributed by atoms with E-state index in [1.165, 1.54) is 11.8 Å². The molecule has 0 aromatic rings. The Kier molecular flexibility index (Phi) is 6.84. The average Bonchev–Trinajstić information content (AvgIpc) is 2.79. The lowest BCUT2D eigenvalue weighted by molar-refractivity contribution is -0.141. The minimum atomic E-state index is -0.908. The average molecular weight is 316 g/mol. The van der Waals surface area contributed by atoms with Gasteiger partial charge in [-0.2, -0.15) is 0 Å². The zero-order valence-electron chi connectivity index (χ0n) is 13.7. The molecule has 1 aliphatic rings. The first-order chi connectivity index (χ1) is 9.83. The summed E-state index contributed by atoms with van der Waals surface area (Å²) in [4.78, 5) is 27.8. The molecule has 122 valence electrons. The Morgan fingerprint density at radius 3 is 2.33 bits per heavy atom. The van der Waals surface area contributed by atoms with Gasteiger partial charge in [-0.1, -0.05) is 27.7 Å². The van der Waals surface area contributed by atoms with Gasteiger partial charge in [0.05, 0.1) is 5.37 Å². The fraction of sp³-hybridized carbons (Fsp3) is 0.867. The van der Waals surface area contributed by atoms with Crippen LogP contribution >= 0.6 is 11.8 Å². The lowest BCUT2D eigenvalue weighted by Crippen LogP contribution is -2.54. The number of urea groups is 1. The smallest absolute Gasteiger partial charge is 0.327 e. The van der Waals surface area contributed by atoms with E-state index in [1.807, 2.05) is 11.8 Å². The summed E-state index contributed by atoms with van der Waals surface area (Å²) in [5, 5.41) is 9.26. The largest absolute Gasteiger partial charge is 0.480 e. The van der Waals surface area contributed by atoms with Crippen LogP contribution < -0.4 is 0 Å². The fourth-order valence-corrected chi connectivity index (χ4v) is 3.94. The highest BCUT2D eigenvalue weighted by molar-refractivity contribution is 8.00. The molecule has 0 spiro atoms. The van der Waals surface area contributed by atoms with Gasteiger partial charge in [0.25, 0.3) is 0 Å². The van der Waals surface area contributed by atoms with Crippen LogP contribution in [0, 0.1) is 5.92 Å². The summed E-state index contributed by atoms with van der Waals surface area (Å²) in [6.45, 7) is 10.9. The van der Waals surface area contributed by atoms with Crippen molar-refractivity contribution >= 4 is 23.8 Å². The monoisotopic (exact) mass is 316 g/mol. The van der Waals surface area contributed by atoms with Crippen LogP contribution in [0.4, 0.5) is 4.79 Å². The summed E-state index contributed by atoms with van der Waals surface area (Å²) in [7, 11) is 0. The number of amides is 2. The van der Waals surface area contributed by atoms with E-state index in [9.17, 15) is 14.7 Å². The number of carbonyl (C=O) groups is 2. The van der Waals surface area contributed by atoms with E-state index < -0.39 is 12.0 Å². The predicted molar refractivity (Wildman–Crippen MR) is 86.5 cm³/mol. The zero-order chi connectivity index (χ0) is 16.2. The highest BCUT2D eigenvalue weighted by Gasteiger charge is 2.42. The van der Waals surface area contributed by atoms with Crippen LogP contribution in [0.25, 0.3) is 0 Å². The maximum atomic E-state index is 12.9. The molecule has 1 saturated heterocycles. The van der Waals surface area contributed by atoms with Crippen molar-refractivity contribution in [2.75, 3.05) is 12.3 Å². The van der Waals surface area contributed by atoms with Crippen LogP contribution in [0.1, 0.15) is 47.5 Å². The molecule has 1 heterocycles. The number of hydrogen-bond acceptors (Lipinski definition) is 3. The highest BCUT2D eigenvalue weighted by atomic mass is 32.2. The van der Waals surface area contributed by atoms with Gasteiger partial charge in [-0.3, -0.25) is 4.90 Å². The molecule has 2 unspecified atom stereocenters. The van der Waals surface area contributed by atoms with E-state index in [0.29, 0.717) is 18.2 Å². The van der Waals surface area contributed by atoms with Crippen molar-refractivity contribution in [3.05, 3.63) is 0 Å². The third kappa shape index (κ3) is 4.28. The summed E-state index contributed by atoms with van der Waals surface area (Å²) >= 11 is 1.53. The fourth-order valence-electron chi connectivity index (χ4n) is 2.78. The molecule has 2 amide bonds. The SMILES string of the molecule is CCC(CC)N(CC(C)C)C(=O)N1C(C)SCC1C(=O)O. The molecule has 6 heteroatoms. The number of nitrogens with zero attached hydrogens (tertiary/aromatic N) is 2. The highest BCUT2D eigenvalue weighted by Crippen LogP contribution is 2.31. The Hall–Kier alpha value is -0.910. The van der Waals surface area contributed by atoms with Crippen molar-refractivity contribution < 1.29 is 14.7 Å². The van der Waals surface area contributed by atoms with Gasteiger partial charge in [0.1, 0.15) is 6.04 Å². The van der Waals surface area contributed by atoms with Gasteiger partial charge in [-0.25, -0.2) is 9.59 Å². The van der Waals surface area contributed by atoms with Gasteiger partial charge in [0.15, 0.2) is 0 Å². The van der Waals surface area contributed by atoms with Crippen molar-refractivity contribution in [2.24, 2.45) is 5.92 Å². The summed E-state index contributed by atoms with van der Waals surface area (Å²) in [6.07, 6.45) is 1.78. The van der Waals surface area contributed by atoms with E-state index in [4.69, 9.17) is 0 Å². The number of carboxylic acid groups (broad SMARTS) is 1. The molecule has 21 heavy (non-hydrogen) atoms. The third-order valence-corrected chi connectivity index (χ3v) is 5.14. The first-order valence-corrected chi connectivity index (χ1v) is 8.81. The summed E-state index contributed by atoms with van der Waals surface area (Å²) < 4.78 is 0. The second-order valence-corrected chi connectivity index (χ2v) is 7.34. The molecule has 5 nitrogen and oxygen atoms in total. The Morgan fingerprint density at radius 2 is 1.90 bits per heavy atom. The minimum Gasteiger partial charge on any atom is -0.480 e. The lowest BCUT2D eigenvalue weighted by Gasteiger charge is -2.37. The molecule has 0 saturated carbocycles. The van der Waals surface area contributed by atoms with Crippen LogP contribution in [0.2, 0.25) is 0 Å². The van der Waals surface area contributed by atoms with E-state index in [-0.39, 0.29) is 17.4 Å². The molecule has 0 bridgehead atoms. The van der Waals surface area contributed by atoms with Crippen LogP contribution in [-0.2, 0) is 4.79 Å². The number of carbonyl (C=O) groups excluding carboxylic acids is 1. The number of aliphatic carboxylic acids is 1. The number of hydrogen-bond donors (Lipinski definition) is 1. The molecule has 0 aliphatic carbocycles. The van der Waals surface area contributed by atoms with Crippen molar-refractivity contribution in [2.45, 2.75) is 64.9 Å². The standard InChI is InChI=1S/C15H28N2O3S/c1-6-12(7-2)16(8-10(3)4)15(20)17-11(5)21-9-13(17)14(18)19/h10-13H,6-9H2,1-5H3,(H,18,19). The molecule has 1 N–H and O–H groups in total. The first kappa shape index (κ1) is 18.1. The summed E-state index contributed by atoms with van der Waals surface area (Å²) in [5.74, 6) is -0.0710. The van der Waals surface area contributed by atoms with Gasteiger partial charge < -0.3 is 10.0 Å². The van der Waals surface area contributed by atoms with Gasteiger partial charge in [0.2, 0.25) is 0 Å². The summed E-state index contributed by atoms with van der Waals surface area (Å²) in [5.41, 5.74) is 0. The maximum absolute atomic E-state index is 12.9. The topological polar surface area (TPSA) is 60.9 Å². The molecule has 1 aliphatic heterocycles. The third-order valence-electron chi connectivity index (χ3n) is 3.92. The van der Waals surface area contributed by atoms with E-state index >= 15 is 0 Å². The van der Waals surface area contributed by atoms with Crippen LogP contribution in [0.3, 0.4) is 0 Å². The second kappa shape index (κ2) is 7.92. The molecule has 0 radical (unpaired) electrons. The minimum absolute atomic E-state index is 0.0809. The molecule has 0 aromatic heterocycles.